The summed E-state index contributed by atoms with van der Waals surface area (Å²) in [5.41, 5.74) is 6.94. The van der Waals surface area contributed by atoms with Crippen molar-refractivity contribution in [2.75, 3.05) is 30.4 Å². The summed E-state index contributed by atoms with van der Waals surface area (Å²) in [6.45, 7) is 3.94. The van der Waals surface area contributed by atoms with Gasteiger partial charge in [-0.25, -0.2) is 4.98 Å². The van der Waals surface area contributed by atoms with E-state index in [4.69, 9.17) is 10.5 Å². The van der Waals surface area contributed by atoms with Crippen LogP contribution in [-0.2, 0) is 11.2 Å². The molecule has 0 aromatic carbocycles. The van der Waals surface area contributed by atoms with Crippen molar-refractivity contribution in [2.45, 2.75) is 25.5 Å². The minimum Gasteiger partial charge on any atom is -0.384 e. The lowest BCUT2D eigenvalue weighted by Gasteiger charge is -2.30. The zero-order valence-electron chi connectivity index (χ0n) is 10.8. The first-order valence-electron chi connectivity index (χ1n) is 6.42. The Morgan fingerprint density at radius 1 is 1.67 bits per heavy atom. The molecule has 5 heteroatoms. The Balaban J connectivity index is 2.00. The summed E-state index contributed by atoms with van der Waals surface area (Å²) in [4.78, 5) is 4.03. The summed E-state index contributed by atoms with van der Waals surface area (Å²) in [5, 5.41) is 3.52. The highest BCUT2D eigenvalue weighted by Crippen LogP contribution is 2.18. The summed E-state index contributed by atoms with van der Waals surface area (Å²) in [5.74, 6) is 2.76. The molecule has 0 radical (unpaired) electrons. The van der Waals surface area contributed by atoms with Crippen LogP contribution in [0.4, 0.5) is 5.82 Å². The van der Waals surface area contributed by atoms with E-state index in [1.807, 2.05) is 23.9 Å². The molecule has 100 valence electrons. The molecule has 1 fully saturated rings. The van der Waals surface area contributed by atoms with E-state index >= 15 is 0 Å². The molecule has 18 heavy (non-hydrogen) atoms. The number of anilines is 1. The molecule has 1 aromatic heterocycles. The van der Waals surface area contributed by atoms with Gasteiger partial charge in [0.25, 0.3) is 0 Å². The van der Waals surface area contributed by atoms with Crippen LogP contribution in [0.25, 0.3) is 0 Å². The molecule has 0 saturated carbocycles. The molecule has 1 aliphatic rings. The summed E-state index contributed by atoms with van der Waals surface area (Å²) in [7, 11) is 0. The number of hydrogen-bond donors (Lipinski definition) is 2. The van der Waals surface area contributed by atoms with Gasteiger partial charge in [-0.2, -0.15) is 11.8 Å². The van der Waals surface area contributed by atoms with Crippen LogP contribution in [-0.4, -0.2) is 41.8 Å². The first kappa shape index (κ1) is 13.6. The number of pyridine rings is 1. The van der Waals surface area contributed by atoms with E-state index in [9.17, 15) is 0 Å². The number of aromatic nitrogens is 1. The van der Waals surface area contributed by atoms with Crippen LogP contribution in [0.5, 0.6) is 0 Å². The second-order valence-corrected chi connectivity index (χ2v) is 5.59. The molecule has 2 rings (SSSR count). The number of ether oxygens (including phenoxy) is 1. The van der Waals surface area contributed by atoms with Crippen molar-refractivity contribution >= 4 is 17.6 Å². The lowest BCUT2D eigenvalue weighted by molar-refractivity contribution is 0.0476. The van der Waals surface area contributed by atoms with Crippen molar-refractivity contribution in [1.82, 2.24) is 10.3 Å². The van der Waals surface area contributed by atoms with Crippen molar-refractivity contribution < 1.29 is 4.74 Å². The molecule has 0 spiro atoms. The van der Waals surface area contributed by atoms with Crippen LogP contribution in [0, 0.1) is 0 Å². The first-order chi connectivity index (χ1) is 8.79. The van der Waals surface area contributed by atoms with Crippen LogP contribution >= 0.6 is 11.8 Å². The average Bonchev–Trinajstić information content (AvgIpc) is 2.39. The van der Waals surface area contributed by atoms with Gasteiger partial charge in [0.1, 0.15) is 5.82 Å². The lowest BCUT2D eigenvalue weighted by atomic mass is 10.0. The van der Waals surface area contributed by atoms with Crippen LogP contribution in [0.1, 0.15) is 12.5 Å². The standard InChI is InChI=1S/C13H21N3OS/c1-2-15-11(12-9-18-6-5-17-12)7-10-3-4-16-13(14)8-10/h3-4,8,11-12,15H,2,5-7,9H2,1H3,(H2,14,16). The number of nitrogens with zero attached hydrogens (tertiary/aromatic N) is 1. The van der Waals surface area contributed by atoms with E-state index < -0.39 is 0 Å². The van der Waals surface area contributed by atoms with Gasteiger partial charge in [-0.1, -0.05) is 6.92 Å². The number of rotatable bonds is 5. The predicted octanol–water partition coefficient (Wildman–Crippen LogP) is 1.32. The monoisotopic (exact) mass is 267 g/mol. The minimum absolute atomic E-state index is 0.290. The summed E-state index contributed by atoms with van der Waals surface area (Å²) in [6.07, 6.45) is 2.99. The molecular weight excluding hydrogens is 246 g/mol. The SMILES string of the molecule is CCNC(Cc1ccnc(N)c1)C1CSCCO1. The second-order valence-electron chi connectivity index (χ2n) is 4.44. The van der Waals surface area contributed by atoms with Crippen molar-refractivity contribution in [3.05, 3.63) is 23.9 Å². The topological polar surface area (TPSA) is 60.2 Å². The molecule has 2 atom stereocenters. The highest BCUT2D eigenvalue weighted by Gasteiger charge is 2.24. The van der Waals surface area contributed by atoms with Crippen molar-refractivity contribution in [3.8, 4) is 0 Å². The van der Waals surface area contributed by atoms with E-state index in [1.54, 1.807) is 6.20 Å². The van der Waals surface area contributed by atoms with Crippen molar-refractivity contribution in [2.24, 2.45) is 0 Å². The second kappa shape index (κ2) is 6.97. The number of likely N-dealkylation sites (N-methyl/N-ethyl adjacent to an activating group) is 1. The molecular formula is C13H21N3OS. The lowest BCUT2D eigenvalue weighted by Crippen LogP contribution is -2.46. The first-order valence-corrected chi connectivity index (χ1v) is 7.58. The van der Waals surface area contributed by atoms with E-state index in [0.717, 1.165) is 31.1 Å². The molecule has 0 amide bonds. The average molecular weight is 267 g/mol. The molecule has 0 aliphatic carbocycles. The fourth-order valence-corrected chi connectivity index (χ4v) is 3.15. The van der Waals surface area contributed by atoms with Gasteiger partial charge in [0.2, 0.25) is 0 Å². The van der Waals surface area contributed by atoms with Gasteiger partial charge in [0, 0.05) is 23.7 Å². The zero-order valence-corrected chi connectivity index (χ0v) is 11.6. The Kier molecular flexibility index (Phi) is 5.28. The highest BCUT2D eigenvalue weighted by atomic mass is 32.2. The van der Waals surface area contributed by atoms with Gasteiger partial charge >= 0.3 is 0 Å². The Labute approximate surface area is 113 Å². The number of nitrogen functional groups attached to an aromatic ring is 1. The van der Waals surface area contributed by atoms with Crippen molar-refractivity contribution in [1.29, 1.82) is 0 Å². The van der Waals surface area contributed by atoms with Crippen LogP contribution in [0.15, 0.2) is 18.3 Å². The normalized spacial score (nSPS) is 21.7. The Hall–Kier alpha value is -0.780. The van der Waals surface area contributed by atoms with E-state index in [2.05, 4.69) is 17.2 Å². The number of hydrogen-bond acceptors (Lipinski definition) is 5. The van der Waals surface area contributed by atoms with Gasteiger partial charge in [-0.3, -0.25) is 0 Å². The molecule has 0 bridgehead atoms. The van der Waals surface area contributed by atoms with Crippen LogP contribution in [0.3, 0.4) is 0 Å². The number of nitrogens with one attached hydrogen (secondary N) is 1. The highest BCUT2D eigenvalue weighted by molar-refractivity contribution is 7.99. The molecule has 4 nitrogen and oxygen atoms in total. The maximum Gasteiger partial charge on any atom is 0.123 e. The quantitative estimate of drug-likeness (QED) is 0.842. The van der Waals surface area contributed by atoms with E-state index in [1.165, 1.54) is 5.56 Å². The van der Waals surface area contributed by atoms with Gasteiger partial charge in [0.05, 0.1) is 12.7 Å². The van der Waals surface area contributed by atoms with Gasteiger partial charge in [0.15, 0.2) is 0 Å². The molecule has 1 aliphatic heterocycles. The maximum atomic E-state index is 5.86. The van der Waals surface area contributed by atoms with Gasteiger partial charge in [-0.15, -0.1) is 0 Å². The fraction of sp³-hybridized carbons (Fsp3) is 0.615. The summed E-state index contributed by atoms with van der Waals surface area (Å²) < 4.78 is 5.86. The largest absolute Gasteiger partial charge is 0.384 e. The molecule has 1 saturated heterocycles. The Bertz CT molecular complexity index is 369. The van der Waals surface area contributed by atoms with Gasteiger partial charge in [-0.05, 0) is 30.7 Å². The van der Waals surface area contributed by atoms with E-state index in [-0.39, 0.29) is 6.10 Å². The summed E-state index contributed by atoms with van der Waals surface area (Å²) in [6, 6.07) is 4.32. The molecule has 2 unspecified atom stereocenters. The Morgan fingerprint density at radius 2 is 2.56 bits per heavy atom. The van der Waals surface area contributed by atoms with E-state index in [0.29, 0.717) is 11.9 Å². The third-order valence-electron chi connectivity index (χ3n) is 3.06. The Morgan fingerprint density at radius 3 is 3.22 bits per heavy atom. The third kappa shape index (κ3) is 3.86. The molecule has 3 N–H and O–H groups in total. The third-order valence-corrected chi connectivity index (χ3v) is 4.08. The fourth-order valence-electron chi connectivity index (χ4n) is 2.21. The minimum atomic E-state index is 0.290. The number of thioether (sulfide) groups is 1. The zero-order chi connectivity index (χ0) is 12.8. The molecule has 2 heterocycles. The predicted molar refractivity (Wildman–Crippen MR) is 76.9 cm³/mol. The van der Waals surface area contributed by atoms with Crippen LogP contribution in [0.2, 0.25) is 0 Å². The van der Waals surface area contributed by atoms with Gasteiger partial charge < -0.3 is 15.8 Å². The van der Waals surface area contributed by atoms with Crippen molar-refractivity contribution in [3.63, 3.8) is 0 Å². The van der Waals surface area contributed by atoms with Crippen LogP contribution < -0.4 is 11.1 Å². The molecule has 1 aromatic rings. The number of nitrogens with two attached hydrogens (primary N) is 1. The smallest absolute Gasteiger partial charge is 0.123 e. The maximum absolute atomic E-state index is 5.86. The summed E-state index contributed by atoms with van der Waals surface area (Å²) >= 11 is 1.97.